The molecule has 1 saturated heterocycles. The highest BCUT2D eigenvalue weighted by molar-refractivity contribution is 14.2. The molecule has 1 aliphatic rings. The lowest BCUT2D eigenvalue weighted by Crippen LogP contribution is -2.32. The van der Waals surface area contributed by atoms with Crippen molar-refractivity contribution >= 4 is 41.4 Å². The molecule has 5 rings (SSSR count). The highest BCUT2D eigenvalue weighted by atomic mass is 127. The Bertz CT molecular complexity index is 1240. The molecule has 0 amide bonds. The number of ether oxygens (including phenoxy) is 1. The second-order valence-corrected chi connectivity index (χ2v) is 9.96. The third kappa shape index (κ3) is 3.90. The number of hydrogen-bond donors (Lipinski definition) is 0. The molecule has 0 N–H and O–H groups in total. The normalized spacial score (nSPS) is 15.5. The fourth-order valence-corrected chi connectivity index (χ4v) is 5.74. The first kappa shape index (κ1) is 21.7. The van der Waals surface area contributed by atoms with Gasteiger partial charge < -0.3 is 9.64 Å². The standard InChI is InChI=1S/C23H25IN6OS/c1-15-20(13-27-30(15)18-6-8-28(2)9-7-18)17-10-19-21(14-29(32-24)23(19)26-12-17)16-4-5-22(31-3)25-11-16/h4-5,10-14,18H,6-9H2,1-3H3. The van der Waals surface area contributed by atoms with Crippen LogP contribution in [-0.4, -0.2) is 55.9 Å². The lowest BCUT2D eigenvalue weighted by Gasteiger charge is -2.29. The summed E-state index contributed by atoms with van der Waals surface area (Å²) in [4.78, 5) is 11.6. The van der Waals surface area contributed by atoms with Gasteiger partial charge in [-0.2, -0.15) is 5.10 Å². The number of aromatic nitrogens is 5. The quantitative estimate of drug-likeness (QED) is 0.305. The summed E-state index contributed by atoms with van der Waals surface area (Å²) in [6.45, 7) is 4.41. The van der Waals surface area contributed by atoms with Crippen LogP contribution in [0, 0.1) is 6.92 Å². The third-order valence-electron chi connectivity index (χ3n) is 6.33. The van der Waals surface area contributed by atoms with E-state index in [0.717, 1.165) is 59.2 Å². The molecule has 0 bridgehead atoms. The number of halogens is 1. The van der Waals surface area contributed by atoms with Gasteiger partial charge in [-0.3, -0.25) is 8.65 Å². The molecule has 166 valence electrons. The van der Waals surface area contributed by atoms with Crippen molar-refractivity contribution in [2.24, 2.45) is 0 Å². The molecule has 0 saturated carbocycles. The smallest absolute Gasteiger partial charge is 0.212 e. The van der Waals surface area contributed by atoms with Gasteiger partial charge in [0.25, 0.3) is 0 Å². The van der Waals surface area contributed by atoms with E-state index in [0.29, 0.717) is 11.9 Å². The van der Waals surface area contributed by atoms with Gasteiger partial charge in [-0.05, 0) is 52.0 Å². The van der Waals surface area contributed by atoms with E-state index in [2.05, 4.69) is 66.0 Å². The average Bonchev–Trinajstić information content (AvgIpc) is 3.39. The topological polar surface area (TPSA) is 61.0 Å². The fourth-order valence-electron chi connectivity index (χ4n) is 4.48. The summed E-state index contributed by atoms with van der Waals surface area (Å²) in [6, 6.07) is 6.63. The van der Waals surface area contributed by atoms with Gasteiger partial charge in [0.15, 0.2) is 5.65 Å². The molecule has 0 aromatic carbocycles. The largest absolute Gasteiger partial charge is 0.481 e. The van der Waals surface area contributed by atoms with Gasteiger partial charge in [0.2, 0.25) is 5.88 Å². The van der Waals surface area contributed by atoms with Crippen LogP contribution in [0.1, 0.15) is 24.6 Å². The number of pyridine rings is 2. The predicted octanol–water partition coefficient (Wildman–Crippen LogP) is 5.39. The first-order chi connectivity index (χ1) is 15.6. The number of rotatable bonds is 5. The zero-order valence-corrected chi connectivity index (χ0v) is 21.3. The molecule has 0 radical (unpaired) electrons. The molecule has 7 nitrogen and oxygen atoms in total. The van der Waals surface area contributed by atoms with Crippen molar-refractivity contribution in [1.29, 1.82) is 0 Å². The lowest BCUT2D eigenvalue weighted by atomic mass is 10.0. The molecular formula is C23H25IN6OS. The van der Waals surface area contributed by atoms with E-state index in [1.54, 1.807) is 16.2 Å². The Labute approximate surface area is 203 Å². The van der Waals surface area contributed by atoms with Crippen LogP contribution in [0.2, 0.25) is 0 Å². The molecule has 0 atom stereocenters. The molecule has 0 unspecified atom stereocenters. The minimum atomic E-state index is 0.467. The first-order valence-corrected chi connectivity index (χ1v) is 13.9. The van der Waals surface area contributed by atoms with Gasteiger partial charge in [0.1, 0.15) is 0 Å². The van der Waals surface area contributed by atoms with Gasteiger partial charge in [-0.25, -0.2) is 9.97 Å². The Balaban J connectivity index is 1.56. The van der Waals surface area contributed by atoms with Gasteiger partial charge in [0.05, 0.1) is 19.3 Å². The fraction of sp³-hybridized carbons (Fsp3) is 0.348. The molecule has 5 heterocycles. The molecule has 4 aromatic rings. The monoisotopic (exact) mass is 560 g/mol. The number of fused-ring (bicyclic) bond motifs is 1. The maximum atomic E-state index is 5.22. The van der Waals surface area contributed by atoms with Crippen LogP contribution >= 0.6 is 30.3 Å². The van der Waals surface area contributed by atoms with Crippen molar-refractivity contribution in [2.45, 2.75) is 25.8 Å². The molecular weight excluding hydrogens is 535 g/mol. The Kier molecular flexibility index (Phi) is 6.13. The lowest BCUT2D eigenvalue weighted by molar-refractivity contribution is 0.210. The van der Waals surface area contributed by atoms with E-state index in [1.165, 1.54) is 5.69 Å². The second kappa shape index (κ2) is 9.03. The molecule has 1 fully saturated rings. The Morgan fingerprint density at radius 2 is 1.84 bits per heavy atom. The summed E-state index contributed by atoms with van der Waals surface area (Å²) in [5.41, 5.74) is 6.53. The molecule has 4 aromatic heterocycles. The molecule has 9 heteroatoms. The van der Waals surface area contributed by atoms with Crippen LogP contribution in [0.15, 0.2) is 43.0 Å². The number of methoxy groups -OCH3 is 1. The van der Waals surface area contributed by atoms with Crippen LogP contribution in [0.25, 0.3) is 33.3 Å². The highest BCUT2D eigenvalue weighted by Gasteiger charge is 2.22. The van der Waals surface area contributed by atoms with Gasteiger partial charge in [-0.15, -0.1) is 0 Å². The summed E-state index contributed by atoms with van der Waals surface area (Å²) in [5, 5.41) is 5.88. The summed E-state index contributed by atoms with van der Waals surface area (Å²) < 4.78 is 9.53. The minimum Gasteiger partial charge on any atom is -0.481 e. The van der Waals surface area contributed by atoms with Gasteiger partial charge >= 0.3 is 0 Å². The van der Waals surface area contributed by atoms with E-state index in [-0.39, 0.29) is 0 Å². The van der Waals surface area contributed by atoms with E-state index in [1.807, 2.05) is 30.7 Å². The first-order valence-electron chi connectivity index (χ1n) is 10.6. The zero-order chi connectivity index (χ0) is 22.2. The number of hydrogen-bond acceptors (Lipinski definition) is 6. The predicted molar refractivity (Wildman–Crippen MR) is 138 cm³/mol. The highest BCUT2D eigenvalue weighted by Crippen LogP contribution is 2.37. The SMILES string of the molecule is COc1ccc(-c2cn(SI)c3ncc(-c4cnn(C5CCN(C)CC5)c4C)cc23)cn1. The van der Waals surface area contributed by atoms with E-state index >= 15 is 0 Å². The Morgan fingerprint density at radius 1 is 1.06 bits per heavy atom. The second-order valence-electron chi connectivity index (χ2n) is 8.24. The van der Waals surface area contributed by atoms with Crippen molar-refractivity contribution in [1.82, 2.24) is 28.6 Å². The summed E-state index contributed by atoms with van der Waals surface area (Å²) in [5.74, 6) is 0.608. The van der Waals surface area contributed by atoms with Crippen molar-refractivity contribution < 1.29 is 4.74 Å². The Hall–Kier alpha value is -2.11. The average molecular weight is 560 g/mol. The van der Waals surface area contributed by atoms with Crippen LogP contribution < -0.4 is 4.74 Å². The minimum absolute atomic E-state index is 0.467. The number of nitrogens with zero attached hydrogens (tertiary/aromatic N) is 6. The zero-order valence-electron chi connectivity index (χ0n) is 18.3. The van der Waals surface area contributed by atoms with Crippen molar-refractivity contribution in [3.8, 4) is 28.1 Å². The summed E-state index contributed by atoms with van der Waals surface area (Å²) in [7, 11) is 5.43. The van der Waals surface area contributed by atoms with E-state index < -0.39 is 0 Å². The van der Waals surface area contributed by atoms with Gasteiger partial charge in [-0.1, -0.05) is 0 Å². The van der Waals surface area contributed by atoms with Crippen LogP contribution in [0.4, 0.5) is 0 Å². The maximum absolute atomic E-state index is 5.22. The van der Waals surface area contributed by atoms with E-state index in [4.69, 9.17) is 14.8 Å². The molecule has 0 aliphatic carbocycles. The molecule has 1 aliphatic heterocycles. The van der Waals surface area contributed by atoms with Crippen LogP contribution in [-0.2, 0) is 0 Å². The number of piperidine rings is 1. The van der Waals surface area contributed by atoms with E-state index in [9.17, 15) is 0 Å². The van der Waals surface area contributed by atoms with Crippen molar-refractivity contribution in [2.75, 3.05) is 27.2 Å². The number of likely N-dealkylation sites (tertiary alicyclic amines) is 1. The summed E-state index contributed by atoms with van der Waals surface area (Å²) in [6.07, 6.45) is 10.2. The Morgan fingerprint density at radius 3 is 2.53 bits per heavy atom. The van der Waals surface area contributed by atoms with Crippen molar-refractivity contribution in [3.63, 3.8) is 0 Å². The third-order valence-corrected chi connectivity index (χ3v) is 8.03. The van der Waals surface area contributed by atoms with Crippen LogP contribution in [0.5, 0.6) is 5.88 Å². The van der Waals surface area contributed by atoms with Crippen molar-refractivity contribution in [3.05, 3.63) is 48.7 Å². The van der Waals surface area contributed by atoms with Gasteiger partial charge in [0, 0.05) is 88.3 Å². The summed E-state index contributed by atoms with van der Waals surface area (Å²) >= 11 is 2.29. The van der Waals surface area contributed by atoms with Crippen LogP contribution in [0.3, 0.4) is 0 Å². The molecule has 0 spiro atoms. The molecule has 32 heavy (non-hydrogen) atoms. The maximum Gasteiger partial charge on any atom is 0.212 e.